The van der Waals surface area contributed by atoms with Crippen LogP contribution < -0.4 is 10.1 Å². The molecule has 0 bridgehead atoms. The van der Waals surface area contributed by atoms with Gasteiger partial charge in [-0.15, -0.1) is 0 Å². The molecule has 0 radical (unpaired) electrons. The highest BCUT2D eigenvalue weighted by Gasteiger charge is 2.16. The number of nitrogens with one attached hydrogen (secondary N) is 1. The molecule has 1 N–H and O–H groups in total. The van der Waals surface area contributed by atoms with E-state index < -0.39 is 0 Å². The first-order valence-electron chi connectivity index (χ1n) is 7.92. The predicted molar refractivity (Wildman–Crippen MR) is 98.4 cm³/mol. The number of hydrogen-bond donors (Lipinski definition) is 1. The first-order valence-corrected chi connectivity index (χ1v) is 8.30. The van der Waals surface area contributed by atoms with E-state index in [2.05, 4.69) is 15.4 Å². The number of amides is 1. The monoisotopic (exact) mass is 358 g/mol. The summed E-state index contributed by atoms with van der Waals surface area (Å²) in [7, 11) is 1.84. The van der Waals surface area contributed by atoms with Crippen LogP contribution in [0.1, 0.15) is 29.9 Å². The molecule has 1 aromatic carbocycles. The molecule has 25 heavy (non-hydrogen) atoms. The summed E-state index contributed by atoms with van der Waals surface area (Å²) in [6.07, 6.45) is 1.55. The van der Waals surface area contributed by atoms with Crippen LogP contribution in [-0.4, -0.2) is 26.8 Å². The number of halogens is 1. The Morgan fingerprint density at radius 3 is 2.80 bits per heavy atom. The summed E-state index contributed by atoms with van der Waals surface area (Å²) in [4.78, 5) is 17.1. The van der Waals surface area contributed by atoms with E-state index in [-0.39, 0.29) is 12.0 Å². The van der Waals surface area contributed by atoms with Gasteiger partial charge in [-0.05, 0) is 45.0 Å². The molecule has 2 heterocycles. The van der Waals surface area contributed by atoms with Crippen molar-refractivity contribution in [2.24, 2.45) is 7.05 Å². The van der Waals surface area contributed by atoms with E-state index in [1.165, 1.54) is 0 Å². The SMILES string of the molecule is Cc1nn(C)c2ncc(NC(=O)c3cc(Cl)ccc3OC(C)C)cc12. The fourth-order valence-electron chi connectivity index (χ4n) is 2.61. The lowest BCUT2D eigenvalue weighted by Gasteiger charge is -2.14. The number of carbonyl (C=O) groups is 1. The topological polar surface area (TPSA) is 69.0 Å². The molecule has 0 aliphatic carbocycles. The number of benzene rings is 1. The molecular formula is C18H19ClN4O2. The summed E-state index contributed by atoms with van der Waals surface area (Å²) >= 11 is 6.04. The lowest BCUT2D eigenvalue weighted by atomic mass is 10.1. The zero-order chi connectivity index (χ0) is 18.1. The molecule has 0 aliphatic rings. The largest absolute Gasteiger partial charge is 0.490 e. The molecule has 130 valence electrons. The molecule has 0 fully saturated rings. The molecule has 2 aromatic heterocycles. The maximum absolute atomic E-state index is 12.7. The minimum atomic E-state index is -0.305. The number of hydrogen-bond acceptors (Lipinski definition) is 4. The summed E-state index contributed by atoms with van der Waals surface area (Å²) in [5, 5.41) is 8.55. The van der Waals surface area contributed by atoms with Crippen LogP contribution in [-0.2, 0) is 7.05 Å². The maximum Gasteiger partial charge on any atom is 0.259 e. The number of pyridine rings is 1. The molecule has 3 rings (SSSR count). The van der Waals surface area contributed by atoms with Crippen molar-refractivity contribution < 1.29 is 9.53 Å². The van der Waals surface area contributed by atoms with Gasteiger partial charge in [0.15, 0.2) is 5.65 Å². The third-order valence-electron chi connectivity index (χ3n) is 3.67. The van der Waals surface area contributed by atoms with E-state index in [1.54, 1.807) is 29.1 Å². The lowest BCUT2D eigenvalue weighted by Crippen LogP contribution is -2.16. The number of aryl methyl sites for hydroxylation is 2. The van der Waals surface area contributed by atoms with E-state index in [0.29, 0.717) is 22.0 Å². The maximum atomic E-state index is 12.7. The molecule has 0 aliphatic heterocycles. The summed E-state index contributed by atoms with van der Waals surface area (Å²) in [5.41, 5.74) is 2.59. The summed E-state index contributed by atoms with van der Waals surface area (Å²) < 4.78 is 7.41. The van der Waals surface area contributed by atoms with E-state index in [4.69, 9.17) is 16.3 Å². The molecule has 0 saturated carbocycles. The van der Waals surface area contributed by atoms with Crippen LogP contribution >= 0.6 is 11.6 Å². The average Bonchev–Trinajstić information content (AvgIpc) is 2.83. The van der Waals surface area contributed by atoms with Gasteiger partial charge in [0.25, 0.3) is 5.91 Å². The Kier molecular flexibility index (Phi) is 4.63. The van der Waals surface area contributed by atoms with Crippen LogP contribution in [0.3, 0.4) is 0 Å². The lowest BCUT2D eigenvalue weighted by molar-refractivity contribution is 0.102. The smallest absolute Gasteiger partial charge is 0.259 e. The van der Waals surface area contributed by atoms with Crippen molar-refractivity contribution in [3.63, 3.8) is 0 Å². The van der Waals surface area contributed by atoms with Gasteiger partial charge in [0, 0.05) is 17.5 Å². The third kappa shape index (κ3) is 3.58. The highest BCUT2D eigenvalue weighted by Crippen LogP contribution is 2.26. The normalized spacial score (nSPS) is 11.1. The quantitative estimate of drug-likeness (QED) is 0.766. The second kappa shape index (κ2) is 6.72. The molecule has 0 saturated heterocycles. The number of rotatable bonds is 4. The van der Waals surface area contributed by atoms with E-state index in [9.17, 15) is 4.79 Å². The second-order valence-electron chi connectivity index (χ2n) is 6.07. The van der Waals surface area contributed by atoms with Gasteiger partial charge in [0.05, 0.1) is 29.2 Å². The molecule has 0 unspecified atom stereocenters. The minimum Gasteiger partial charge on any atom is -0.490 e. The molecular weight excluding hydrogens is 340 g/mol. The molecule has 1 amide bonds. The van der Waals surface area contributed by atoms with Crippen LogP contribution in [0.25, 0.3) is 11.0 Å². The van der Waals surface area contributed by atoms with Crippen molar-refractivity contribution in [1.82, 2.24) is 14.8 Å². The predicted octanol–water partition coefficient (Wildman–Crippen LogP) is 3.97. The van der Waals surface area contributed by atoms with Gasteiger partial charge < -0.3 is 10.1 Å². The standard InChI is InChI=1S/C18H19ClN4O2/c1-10(2)25-16-6-5-12(19)7-15(16)18(24)21-13-8-14-11(3)22-23(4)17(14)20-9-13/h5-10H,1-4H3,(H,21,24). The molecule has 0 atom stereocenters. The summed E-state index contributed by atoms with van der Waals surface area (Å²) in [6, 6.07) is 6.85. The van der Waals surface area contributed by atoms with E-state index in [1.807, 2.05) is 33.9 Å². The minimum absolute atomic E-state index is 0.0521. The van der Waals surface area contributed by atoms with Gasteiger partial charge in [-0.3, -0.25) is 9.48 Å². The molecule has 7 heteroatoms. The number of fused-ring (bicyclic) bond motifs is 1. The first kappa shape index (κ1) is 17.2. The first-order chi connectivity index (χ1) is 11.8. The van der Waals surface area contributed by atoms with Crippen LogP contribution in [0.15, 0.2) is 30.5 Å². The average molecular weight is 359 g/mol. The molecule has 0 spiro atoms. The second-order valence-corrected chi connectivity index (χ2v) is 6.50. The van der Waals surface area contributed by atoms with Gasteiger partial charge >= 0.3 is 0 Å². The molecule has 3 aromatic rings. The Labute approximate surface area is 150 Å². The van der Waals surface area contributed by atoms with Crippen LogP contribution in [0.2, 0.25) is 5.02 Å². The van der Waals surface area contributed by atoms with Crippen molar-refractivity contribution in [2.45, 2.75) is 26.9 Å². The number of carbonyl (C=O) groups excluding carboxylic acids is 1. The van der Waals surface area contributed by atoms with Crippen LogP contribution in [0, 0.1) is 6.92 Å². The van der Waals surface area contributed by atoms with Crippen molar-refractivity contribution in [3.8, 4) is 5.75 Å². The summed E-state index contributed by atoms with van der Waals surface area (Å²) in [5.74, 6) is 0.185. The highest BCUT2D eigenvalue weighted by atomic mass is 35.5. The van der Waals surface area contributed by atoms with Crippen molar-refractivity contribution in [3.05, 3.63) is 46.7 Å². The van der Waals surface area contributed by atoms with Crippen molar-refractivity contribution in [1.29, 1.82) is 0 Å². The van der Waals surface area contributed by atoms with Gasteiger partial charge in [0.2, 0.25) is 0 Å². The van der Waals surface area contributed by atoms with Crippen molar-refractivity contribution in [2.75, 3.05) is 5.32 Å². The van der Waals surface area contributed by atoms with Crippen LogP contribution in [0.5, 0.6) is 5.75 Å². The number of anilines is 1. The van der Waals surface area contributed by atoms with E-state index >= 15 is 0 Å². The Bertz CT molecular complexity index is 950. The van der Waals surface area contributed by atoms with Gasteiger partial charge in [-0.2, -0.15) is 5.10 Å². The van der Waals surface area contributed by atoms with Gasteiger partial charge in [-0.1, -0.05) is 11.6 Å². The third-order valence-corrected chi connectivity index (χ3v) is 3.90. The Morgan fingerprint density at radius 1 is 1.32 bits per heavy atom. The fourth-order valence-corrected chi connectivity index (χ4v) is 2.78. The zero-order valence-electron chi connectivity index (χ0n) is 14.5. The van der Waals surface area contributed by atoms with Gasteiger partial charge in [0.1, 0.15) is 5.75 Å². The van der Waals surface area contributed by atoms with Crippen LogP contribution in [0.4, 0.5) is 5.69 Å². The van der Waals surface area contributed by atoms with Gasteiger partial charge in [-0.25, -0.2) is 4.98 Å². The number of nitrogens with zero attached hydrogens (tertiary/aromatic N) is 3. The van der Waals surface area contributed by atoms with Crippen molar-refractivity contribution >= 4 is 34.2 Å². The Hall–Kier alpha value is -2.60. The van der Waals surface area contributed by atoms with E-state index in [0.717, 1.165) is 16.7 Å². The Morgan fingerprint density at radius 2 is 2.08 bits per heavy atom. The highest BCUT2D eigenvalue weighted by molar-refractivity contribution is 6.31. The zero-order valence-corrected chi connectivity index (χ0v) is 15.3. The summed E-state index contributed by atoms with van der Waals surface area (Å²) in [6.45, 7) is 5.71. The number of ether oxygens (including phenoxy) is 1. The fraction of sp³-hybridized carbons (Fsp3) is 0.278. The molecule has 6 nitrogen and oxygen atoms in total. The number of aromatic nitrogens is 3. The Balaban J connectivity index is 1.92.